The summed E-state index contributed by atoms with van der Waals surface area (Å²) in [6, 6.07) is 0. The van der Waals surface area contributed by atoms with Crippen molar-refractivity contribution >= 4 is 5.82 Å². The SMILES string of the molecule is COCC(O)CN1CCN(c2cnccn2)CC1. The van der Waals surface area contributed by atoms with Crippen molar-refractivity contribution in [2.24, 2.45) is 0 Å². The number of anilines is 1. The zero-order chi connectivity index (χ0) is 12.8. The molecule has 1 N–H and O–H groups in total. The molecule has 1 fully saturated rings. The molecule has 18 heavy (non-hydrogen) atoms. The van der Waals surface area contributed by atoms with Crippen molar-refractivity contribution in [1.29, 1.82) is 0 Å². The predicted octanol–water partition coefficient (Wildman–Crippen LogP) is -0.394. The van der Waals surface area contributed by atoms with Gasteiger partial charge in [-0.3, -0.25) is 9.88 Å². The highest BCUT2D eigenvalue weighted by Gasteiger charge is 2.19. The lowest BCUT2D eigenvalue weighted by Gasteiger charge is -2.35. The Labute approximate surface area is 107 Å². The molecular weight excluding hydrogens is 232 g/mol. The molecule has 1 aromatic rings. The number of hydrogen-bond donors (Lipinski definition) is 1. The van der Waals surface area contributed by atoms with E-state index in [1.54, 1.807) is 25.7 Å². The Morgan fingerprint density at radius 3 is 2.72 bits per heavy atom. The largest absolute Gasteiger partial charge is 0.389 e. The summed E-state index contributed by atoms with van der Waals surface area (Å²) in [5.41, 5.74) is 0. The Kier molecular flexibility index (Phi) is 4.86. The number of ether oxygens (including phenoxy) is 1. The minimum Gasteiger partial charge on any atom is -0.389 e. The molecule has 6 nitrogen and oxygen atoms in total. The summed E-state index contributed by atoms with van der Waals surface area (Å²) in [7, 11) is 1.61. The number of methoxy groups -OCH3 is 1. The van der Waals surface area contributed by atoms with E-state index < -0.39 is 6.10 Å². The summed E-state index contributed by atoms with van der Waals surface area (Å²) >= 11 is 0. The second-order valence-corrected chi connectivity index (χ2v) is 4.46. The summed E-state index contributed by atoms with van der Waals surface area (Å²) in [4.78, 5) is 12.8. The molecule has 1 aliphatic heterocycles. The molecule has 100 valence electrons. The molecule has 1 saturated heterocycles. The lowest BCUT2D eigenvalue weighted by molar-refractivity contribution is 0.0365. The van der Waals surface area contributed by atoms with Gasteiger partial charge < -0.3 is 14.7 Å². The smallest absolute Gasteiger partial charge is 0.147 e. The van der Waals surface area contributed by atoms with E-state index in [0.29, 0.717) is 13.2 Å². The van der Waals surface area contributed by atoms with Crippen molar-refractivity contribution in [3.63, 3.8) is 0 Å². The second-order valence-electron chi connectivity index (χ2n) is 4.46. The van der Waals surface area contributed by atoms with Gasteiger partial charge in [-0.1, -0.05) is 0 Å². The van der Waals surface area contributed by atoms with E-state index in [2.05, 4.69) is 19.8 Å². The first-order valence-electron chi connectivity index (χ1n) is 6.20. The first-order chi connectivity index (χ1) is 8.79. The van der Waals surface area contributed by atoms with Gasteiger partial charge in [0.2, 0.25) is 0 Å². The van der Waals surface area contributed by atoms with E-state index in [1.807, 2.05) is 0 Å². The van der Waals surface area contributed by atoms with Crippen molar-refractivity contribution in [3.05, 3.63) is 18.6 Å². The molecular formula is C12H20N4O2. The van der Waals surface area contributed by atoms with Crippen LogP contribution in [0, 0.1) is 0 Å². The van der Waals surface area contributed by atoms with Crippen LogP contribution in [-0.4, -0.2) is 72.5 Å². The van der Waals surface area contributed by atoms with E-state index in [-0.39, 0.29) is 0 Å². The lowest BCUT2D eigenvalue weighted by atomic mass is 10.2. The van der Waals surface area contributed by atoms with Crippen molar-refractivity contribution in [3.8, 4) is 0 Å². The van der Waals surface area contributed by atoms with E-state index in [0.717, 1.165) is 32.0 Å². The summed E-state index contributed by atoms with van der Waals surface area (Å²) in [5, 5.41) is 9.68. The molecule has 1 unspecified atom stereocenters. The number of aromatic nitrogens is 2. The van der Waals surface area contributed by atoms with Gasteiger partial charge in [0, 0.05) is 52.2 Å². The number of rotatable bonds is 5. The number of nitrogens with zero attached hydrogens (tertiary/aromatic N) is 4. The van der Waals surface area contributed by atoms with E-state index in [1.165, 1.54) is 0 Å². The Morgan fingerprint density at radius 1 is 1.33 bits per heavy atom. The van der Waals surface area contributed by atoms with Gasteiger partial charge in [-0.25, -0.2) is 4.98 Å². The number of aliphatic hydroxyl groups is 1. The van der Waals surface area contributed by atoms with Crippen LogP contribution in [-0.2, 0) is 4.74 Å². The topological polar surface area (TPSA) is 61.7 Å². The molecule has 0 spiro atoms. The minimum absolute atomic E-state index is 0.393. The summed E-state index contributed by atoms with van der Waals surface area (Å²) in [6.07, 6.45) is 4.78. The second kappa shape index (κ2) is 6.63. The van der Waals surface area contributed by atoms with Crippen LogP contribution in [0.4, 0.5) is 5.82 Å². The number of hydrogen-bond acceptors (Lipinski definition) is 6. The molecule has 1 aliphatic rings. The maximum atomic E-state index is 9.68. The Balaban J connectivity index is 1.78. The van der Waals surface area contributed by atoms with Gasteiger partial charge in [0.25, 0.3) is 0 Å². The Morgan fingerprint density at radius 2 is 2.11 bits per heavy atom. The fourth-order valence-electron chi connectivity index (χ4n) is 2.16. The molecule has 1 atom stereocenters. The Hall–Kier alpha value is -1.24. The van der Waals surface area contributed by atoms with Crippen molar-refractivity contribution in [2.45, 2.75) is 6.10 Å². The minimum atomic E-state index is -0.405. The monoisotopic (exact) mass is 252 g/mol. The quantitative estimate of drug-likeness (QED) is 0.770. The molecule has 2 rings (SSSR count). The highest BCUT2D eigenvalue weighted by Crippen LogP contribution is 2.11. The third-order valence-corrected chi connectivity index (χ3v) is 3.07. The lowest BCUT2D eigenvalue weighted by Crippen LogP contribution is -2.49. The van der Waals surface area contributed by atoms with Crippen LogP contribution in [0.15, 0.2) is 18.6 Å². The first-order valence-corrected chi connectivity index (χ1v) is 6.20. The molecule has 6 heteroatoms. The highest BCUT2D eigenvalue weighted by atomic mass is 16.5. The molecule has 0 bridgehead atoms. The number of aliphatic hydroxyl groups excluding tert-OH is 1. The van der Waals surface area contributed by atoms with Crippen LogP contribution in [0.2, 0.25) is 0 Å². The van der Waals surface area contributed by atoms with Crippen molar-refractivity contribution < 1.29 is 9.84 Å². The zero-order valence-electron chi connectivity index (χ0n) is 10.7. The maximum Gasteiger partial charge on any atom is 0.147 e. The summed E-state index contributed by atoms with van der Waals surface area (Å²) in [5.74, 6) is 0.926. The third kappa shape index (κ3) is 3.63. The van der Waals surface area contributed by atoms with Crippen LogP contribution < -0.4 is 4.90 Å². The van der Waals surface area contributed by atoms with Gasteiger partial charge in [0.1, 0.15) is 5.82 Å². The normalized spacial score (nSPS) is 18.9. The van der Waals surface area contributed by atoms with Gasteiger partial charge in [-0.2, -0.15) is 0 Å². The molecule has 0 saturated carbocycles. The van der Waals surface area contributed by atoms with Gasteiger partial charge >= 0.3 is 0 Å². The average Bonchev–Trinajstić information content (AvgIpc) is 2.41. The first kappa shape index (κ1) is 13.2. The third-order valence-electron chi connectivity index (χ3n) is 3.07. The Bertz CT molecular complexity index is 341. The van der Waals surface area contributed by atoms with Gasteiger partial charge in [0.15, 0.2) is 0 Å². The van der Waals surface area contributed by atoms with E-state index in [9.17, 15) is 5.11 Å². The van der Waals surface area contributed by atoms with E-state index >= 15 is 0 Å². The molecule has 2 heterocycles. The molecule has 1 aromatic heterocycles. The maximum absolute atomic E-state index is 9.68. The average molecular weight is 252 g/mol. The molecule has 0 aromatic carbocycles. The number of β-amino-alcohol motifs (C(OH)–C–C–N with tert-alkyl or cyclic N) is 1. The fraction of sp³-hybridized carbons (Fsp3) is 0.667. The predicted molar refractivity (Wildman–Crippen MR) is 68.6 cm³/mol. The van der Waals surface area contributed by atoms with Crippen LogP contribution >= 0.6 is 0 Å². The van der Waals surface area contributed by atoms with Crippen molar-refractivity contribution in [1.82, 2.24) is 14.9 Å². The standard InChI is InChI=1S/C12H20N4O2/c1-18-10-11(17)9-15-4-6-16(7-5-15)12-8-13-2-3-14-12/h2-3,8,11,17H,4-7,9-10H2,1H3. The van der Waals surface area contributed by atoms with Crippen LogP contribution in [0.25, 0.3) is 0 Å². The van der Waals surface area contributed by atoms with Gasteiger partial charge in [-0.15, -0.1) is 0 Å². The number of piperazine rings is 1. The molecule has 0 aliphatic carbocycles. The highest BCUT2D eigenvalue weighted by molar-refractivity contribution is 5.35. The van der Waals surface area contributed by atoms with Crippen LogP contribution in [0.3, 0.4) is 0 Å². The fourth-order valence-corrected chi connectivity index (χ4v) is 2.16. The molecule has 0 radical (unpaired) electrons. The van der Waals surface area contributed by atoms with Crippen LogP contribution in [0.5, 0.6) is 0 Å². The zero-order valence-corrected chi connectivity index (χ0v) is 10.7. The molecule has 0 amide bonds. The summed E-state index contributed by atoms with van der Waals surface area (Å²) < 4.78 is 4.93. The summed E-state index contributed by atoms with van der Waals surface area (Å²) in [6.45, 7) is 4.75. The van der Waals surface area contributed by atoms with Gasteiger partial charge in [-0.05, 0) is 0 Å². The van der Waals surface area contributed by atoms with Crippen LogP contribution in [0.1, 0.15) is 0 Å². The van der Waals surface area contributed by atoms with Gasteiger partial charge in [0.05, 0.1) is 18.9 Å². The van der Waals surface area contributed by atoms with E-state index in [4.69, 9.17) is 4.74 Å². The van der Waals surface area contributed by atoms with Crippen molar-refractivity contribution in [2.75, 3.05) is 51.3 Å².